The van der Waals surface area contributed by atoms with E-state index in [0.717, 1.165) is 12.1 Å². The number of rotatable bonds is 6. The van der Waals surface area contributed by atoms with Crippen LogP contribution in [0.5, 0.6) is 0 Å². The zero-order chi connectivity index (χ0) is 14.5. The van der Waals surface area contributed by atoms with Crippen molar-refractivity contribution >= 4 is 11.4 Å². The van der Waals surface area contributed by atoms with Gasteiger partial charge in [-0.25, -0.2) is 0 Å². The van der Waals surface area contributed by atoms with Crippen LogP contribution in [0.15, 0.2) is 18.2 Å². The number of nitro groups is 1. The summed E-state index contributed by atoms with van der Waals surface area (Å²) < 4.78 is 38.0. The number of anilines is 1. The van der Waals surface area contributed by atoms with Gasteiger partial charge < -0.3 is 10.4 Å². The van der Waals surface area contributed by atoms with Gasteiger partial charge in [0.15, 0.2) is 0 Å². The minimum Gasteiger partial charge on any atom is -0.396 e. The number of aliphatic hydroxyl groups excluding tert-OH is 1. The topological polar surface area (TPSA) is 75.4 Å². The lowest BCUT2D eigenvalue weighted by atomic mass is 10.1. The first-order chi connectivity index (χ1) is 8.86. The molecular weight excluding hydrogens is 265 g/mol. The Bertz CT molecular complexity index is 449. The highest BCUT2D eigenvalue weighted by atomic mass is 19.4. The number of alkyl halides is 3. The van der Waals surface area contributed by atoms with Gasteiger partial charge in [0, 0.05) is 24.9 Å². The van der Waals surface area contributed by atoms with Crippen molar-refractivity contribution in [3.63, 3.8) is 0 Å². The van der Waals surface area contributed by atoms with Gasteiger partial charge in [-0.3, -0.25) is 10.1 Å². The van der Waals surface area contributed by atoms with Crippen LogP contribution >= 0.6 is 0 Å². The fourth-order valence-corrected chi connectivity index (χ4v) is 1.50. The molecule has 0 radical (unpaired) electrons. The molecule has 5 nitrogen and oxygen atoms in total. The van der Waals surface area contributed by atoms with Gasteiger partial charge in [0.25, 0.3) is 5.69 Å². The van der Waals surface area contributed by atoms with Crippen molar-refractivity contribution < 1.29 is 23.2 Å². The molecule has 0 aliphatic carbocycles. The third-order valence-corrected chi connectivity index (χ3v) is 2.41. The predicted molar refractivity (Wildman–Crippen MR) is 62.9 cm³/mol. The molecule has 1 aromatic rings. The average molecular weight is 278 g/mol. The molecule has 19 heavy (non-hydrogen) atoms. The molecule has 0 unspecified atom stereocenters. The van der Waals surface area contributed by atoms with E-state index in [4.69, 9.17) is 5.11 Å². The quantitative estimate of drug-likeness (QED) is 0.476. The van der Waals surface area contributed by atoms with Crippen LogP contribution in [0.1, 0.15) is 18.4 Å². The molecular formula is C11H13F3N2O3. The van der Waals surface area contributed by atoms with E-state index in [9.17, 15) is 23.3 Å². The molecule has 0 heterocycles. The summed E-state index contributed by atoms with van der Waals surface area (Å²) in [7, 11) is 0. The van der Waals surface area contributed by atoms with Crippen molar-refractivity contribution in [1.82, 2.24) is 0 Å². The summed E-state index contributed by atoms with van der Waals surface area (Å²) in [6, 6.07) is 2.78. The maximum absolute atomic E-state index is 12.7. The minimum absolute atomic E-state index is 0.00967. The number of unbranched alkanes of at least 4 members (excludes halogenated alkanes) is 1. The van der Waals surface area contributed by atoms with Gasteiger partial charge in [-0.2, -0.15) is 13.2 Å². The van der Waals surface area contributed by atoms with E-state index >= 15 is 0 Å². The Labute approximate surface area is 107 Å². The van der Waals surface area contributed by atoms with Crippen molar-refractivity contribution in [2.75, 3.05) is 18.5 Å². The fourth-order valence-electron chi connectivity index (χ4n) is 1.50. The number of hydrogen-bond acceptors (Lipinski definition) is 4. The third-order valence-electron chi connectivity index (χ3n) is 2.41. The average Bonchev–Trinajstić information content (AvgIpc) is 2.33. The van der Waals surface area contributed by atoms with E-state index in [1.54, 1.807) is 0 Å². The second kappa shape index (κ2) is 6.37. The molecule has 1 aromatic carbocycles. The number of aliphatic hydroxyl groups is 1. The zero-order valence-electron chi connectivity index (χ0n) is 9.91. The number of halogens is 3. The fraction of sp³-hybridized carbons (Fsp3) is 0.455. The Kier molecular flexibility index (Phi) is 5.11. The molecule has 106 valence electrons. The minimum atomic E-state index is -4.77. The van der Waals surface area contributed by atoms with Crippen LogP contribution in [-0.2, 0) is 6.18 Å². The lowest BCUT2D eigenvalue weighted by molar-refractivity contribution is -0.388. The summed E-state index contributed by atoms with van der Waals surface area (Å²) in [5.74, 6) is 0. The molecule has 0 amide bonds. The molecule has 0 bridgehead atoms. The van der Waals surface area contributed by atoms with E-state index in [0.29, 0.717) is 19.4 Å². The summed E-state index contributed by atoms with van der Waals surface area (Å²) in [5.41, 5.74) is -2.08. The Hall–Kier alpha value is -1.83. The monoisotopic (exact) mass is 278 g/mol. The summed E-state index contributed by atoms with van der Waals surface area (Å²) in [4.78, 5) is 9.48. The maximum Gasteiger partial charge on any atom is 0.423 e. The molecule has 0 fully saturated rings. The van der Waals surface area contributed by atoms with Gasteiger partial charge in [0.2, 0.25) is 0 Å². The zero-order valence-corrected chi connectivity index (χ0v) is 9.91. The van der Waals surface area contributed by atoms with E-state index in [2.05, 4.69) is 5.32 Å². The van der Waals surface area contributed by atoms with Crippen LogP contribution < -0.4 is 5.32 Å². The molecule has 0 aromatic heterocycles. The lowest BCUT2D eigenvalue weighted by Gasteiger charge is -2.11. The van der Waals surface area contributed by atoms with Gasteiger partial charge in [0.1, 0.15) is 5.56 Å². The molecule has 1 rings (SSSR count). The molecule has 0 atom stereocenters. The third kappa shape index (κ3) is 4.40. The Morgan fingerprint density at radius 3 is 2.53 bits per heavy atom. The molecule has 0 aliphatic rings. The van der Waals surface area contributed by atoms with Crippen LogP contribution in [0.4, 0.5) is 24.5 Å². The Morgan fingerprint density at radius 2 is 2.00 bits per heavy atom. The first-order valence-corrected chi connectivity index (χ1v) is 5.56. The van der Waals surface area contributed by atoms with Gasteiger partial charge in [-0.1, -0.05) is 0 Å². The summed E-state index contributed by atoms with van der Waals surface area (Å²) >= 11 is 0. The maximum atomic E-state index is 12.7. The first kappa shape index (κ1) is 15.2. The van der Waals surface area contributed by atoms with Crippen molar-refractivity contribution in [2.45, 2.75) is 19.0 Å². The van der Waals surface area contributed by atoms with Crippen LogP contribution in [0.25, 0.3) is 0 Å². The van der Waals surface area contributed by atoms with E-state index < -0.39 is 22.4 Å². The largest absolute Gasteiger partial charge is 0.423 e. The predicted octanol–water partition coefficient (Wildman–Crippen LogP) is 2.80. The molecule has 0 saturated carbocycles. The molecule has 0 aliphatic heterocycles. The number of benzene rings is 1. The van der Waals surface area contributed by atoms with E-state index in [1.807, 2.05) is 0 Å². The number of hydrogen-bond donors (Lipinski definition) is 2. The number of nitro benzene ring substituents is 1. The Balaban J connectivity index is 2.90. The smallest absolute Gasteiger partial charge is 0.396 e. The lowest BCUT2D eigenvalue weighted by Crippen LogP contribution is -2.10. The normalized spacial score (nSPS) is 11.4. The van der Waals surface area contributed by atoms with Gasteiger partial charge in [0.05, 0.1) is 4.92 Å². The molecule has 0 spiro atoms. The standard InChI is InChI=1S/C11H13F3N2O3/c12-11(13,14)9-7-8(15-5-1-2-6-17)3-4-10(9)16(18)19/h3-4,7,15,17H,1-2,5-6H2. The van der Waals surface area contributed by atoms with Crippen LogP contribution in [0.2, 0.25) is 0 Å². The number of nitrogens with one attached hydrogen (secondary N) is 1. The van der Waals surface area contributed by atoms with Gasteiger partial charge in [-0.15, -0.1) is 0 Å². The van der Waals surface area contributed by atoms with Crippen molar-refractivity contribution in [2.24, 2.45) is 0 Å². The summed E-state index contributed by atoms with van der Waals surface area (Å²) in [5, 5.41) is 21.8. The van der Waals surface area contributed by atoms with Crippen LogP contribution in [0, 0.1) is 10.1 Å². The van der Waals surface area contributed by atoms with Crippen molar-refractivity contribution in [3.05, 3.63) is 33.9 Å². The second-order valence-corrected chi connectivity index (χ2v) is 3.84. The summed E-state index contributed by atoms with van der Waals surface area (Å²) in [6.45, 7) is 0.394. The van der Waals surface area contributed by atoms with Crippen LogP contribution in [0.3, 0.4) is 0 Å². The Morgan fingerprint density at radius 1 is 1.32 bits per heavy atom. The summed E-state index contributed by atoms with van der Waals surface area (Å²) in [6.07, 6.45) is -3.65. The molecule has 8 heteroatoms. The highest BCUT2D eigenvalue weighted by Crippen LogP contribution is 2.37. The van der Waals surface area contributed by atoms with Gasteiger partial charge >= 0.3 is 6.18 Å². The van der Waals surface area contributed by atoms with Gasteiger partial charge in [-0.05, 0) is 25.0 Å². The van der Waals surface area contributed by atoms with Crippen molar-refractivity contribution in [3.8, 4) is 0 Å². The highest BCUT2D eigenvalue weighted by Gasteiger charge is 2.38. The number of nitrogens with zero attached hydrogens (tertiary/aromatic N) is 1. The second-order valence-electron chi connectivity index (χ2n) is 3.84. The van der Waals surface area contributed by atoms with Crippen LogP contribution in [-0.4, -0.2) is 23.2 Å². The van der Waals surface area contributed by atoms with E-state index in [-0.39, 0.29) is 12.3 Å². The first-order valence-electron chi connectivity index (χ1n) is 5.56. The van der Waals surface area contributed by atoms with Crippen molar-refractivity contribution in [1.29, 1.82) is 0 Å². The highest BCUT2D eigenvalue weighted by molar-refractivity contribution is 5.55. The molecule has 2 N–H and O–H groups in total. The van der Waals surface area contributed by atoms with E-state index in [1.165, 1.54) is 6.07 Å². The SMILES string of the molecule is O=[N+]([O-])c1ccc(NCCCCO)cc1C(F)(F)F. The molecule has 0 saturated heterocycles.